The van der Waals surface area contributed by atoms with Gasteiger partial charge < -0.3 is 15.1 Å². The van der Waals surface area contributed by atoms with Crippen LogP contribution >= 0.6 is 0 Å². The van der Waals surface area contributed by atoms with Gasteiger partial charge >= 0.3 is 0 Å². The lowest BCUT2D eigenvalue weighted by molar-refractivity contribution is -0.119. The van der Waals surface area contributed by atoms with Gasteiger partial charge in [0.25, 0.3) is 5.91 Å². The van der Waals surface area contributed by atoms with Crippen LogP contribution in [0.15, 0.2) is 16.5 Å². The quantitative estimate of drug-likeness (QED) is 0.876. The zero-order valence-electron chi connectivity index (χ0n) is 12.2. The number of furan rings is 1. The van der Waals surface area contributed by atoms with Gasteiger partial charge in [-0.15, -0.1) is 0 Å². The summed E-state index contributed by atoms with van der Waals surface area (Å²) in [6, 6.07) is 3.33. The SMILES string of the molecule is CC(=O)NCc1ccc(C(=O)NC(C)C(C)(C)C)o1. The zero-order chi connectivity index (χ0) is 14.6. The van der Waals surface area contributed by atoms with Crippen LogP contribution in [0.4, 0.5) is 0 Å². The number of carbonyl (C=O) groups is 2. The van der Waals surface area contributed by atoms with Gasteiger partial charge in [-0.25, -0.2) is 0 Å². The summed E-state index contributed by atoms with van der Waals surface area (Å²) in [6.45, 7) is 9.85. The van der Waals surface area contributed by atoms with E-state index < -0.39 is 0 Å². The molecule has 0 aliphatic rings. The van der Waals surface area contributed by atoms with Crippen molar-refractivity contribution in [1.82, 2.24) is 10.6 Å². The van der Waals surface area contributed by atoms with Crippen molar-refractivity contribution >= 4 is 11.8 Å². The molecule has 0 fully saturated rings. The Kier molecular flexibility index (Phi) is 4.75. The van der Waals surface area contributed by atoms with Gasteiger partial charge in [0, 0.05) is 13.0 Å². The molecule has 0 saturated carbocycles. The van der Waals surface area contributed by atoms with Crippen molar-refractivity contribution in [1.29, 1.82) is 0 Å². The van der Waals surface area contributed by atoms with Crippen molar-refractivity contribution in [2.24, 2.45) is 5.41 Å². The Balaban J connectivity index is 2.61. The normalized spacial score (nSPS) is 12.9. The molecule has 1 unspecified atom stereocenters. The number of carbonyl (C=O) groups excluding carboxylic acids is 2. The smallest absolute Gasteiger partial charge is 0.287 e. The lowest BCUT2D eigenvalue weighted by Gasteiger charge is -2.27. The third-order valence-corrected chi connectivity index (χ3v) is 3.04. The average molecular weight is 266 g/mol. The molecule has 1 rings (SSSR count). The first-order valence-corrected chi connectivity index (χ1v) is 6.34. The van der Waals surface area contributed by atoms with Gasteiger partial charge in [0.2, 0.25) is 5.91 Å². The van der Waals surface area contributed by atoms with Gasteiger partial charge in [0.15, 0.2) is 5.76 Å². The molecular weight excluding hydrogens is 244 g/mol. The van der Waals surface area contributed by atoms with Crippen molar-refractivity contribution < 1.29 is 14.0 Å². The highest BCUT2D eigenvalue weighted by Gasteiger charge is 2.23. The van der Waals surface area contributed by atoms with Gasteiger partial charge in [0.05, 0.1) is 6.54 Å². The maximum absolute atomic E-state index is 12.0. The molecule has 5 heteroatoms. The van der Waals surface area contributed by atoms with Crippen LogP contribution in [0.2, 0.25) is 0 Å². The summed E-state index contributed by atoms with van der Waals surface area (Å²) in [4.78, 5) is 22.7. The molecule has 1 atom stereocenters. The maximum Gasteiger partial charge on any atom is 0.287 e. The highest BCUT2D eigenvalue weighted by atomic mass is 16.4. The highest BCUT2D eigenvalue weighted by molar-refractivity contribution is 5.91. The molecule has 0 aliphatic carbocycles. The molecule has 19 heavy (non-hydrogen) atoms. The Bertz CT molecular complexity index is 458. The summed E-state index contributed by atoms with van der Waals surface area (Å²) in [6.07, 6.45) is 0. The Morgan fingerprint density at radius 1 is 1.32 bits per heavy atom. The molecule has 1 aromatic rings. The Morgan fingerprint density at radius 2 is 1.95 bits per heavy atom. The summed E-state index contributed by atoms with van der Waals surface area (Å²) >= 11 is 0. The molecule has 0 aromatic carbocycles. The van der Waals surface area contributed by atoms with Crippen molar-refractivity contribution in [3.05, 3.63) is 23.7 Å². The minimum absolute atomic E-state index is 0.0126. The monoisotopic (exact) mass is 266 g/mol. The van der Waals surface area contributed by atoms with E-state index >= 15 is 0 Å². The number of amides is 2. The lowest BCUT2D eigenvalue weighted by Crippen LogP contribution is -2.41. The second kappa shape index (κ2) is 5.91. The molecule has 0 saturated heterocycles. The molecule has 0 aliphatic heterocycles. The third kappa shape index (κ3) is 4.77. The van der Waals surface area contributed by atoms with Gasteiger partial charge in [-0.2, -0.15) is 0 Å². The molecule has 106 valence electrons. The largest absolute Gasteiger partial charge is 0.454 e. The second-order valence-electron chi connectivity index (χ2n) is 5.74. The molecule has 1 aromatic heterocycles. The fraction of sp³-hybridized carbons (Fsp3) is 0.571. The predicted molar refractivity (Wildman–Crippen MR) is 72.6 cm³/mol. The van der Waals surface area contributed by atoms with Crippen molar-refractivity contribution in [2.75, 3.05) is 0 Å². The fourth-order valence-corrected chi connectivity index (χ4v) is 1.29. The van der Waals surface area contributed by atoms with Crippen molar-refractivity contribution in [3.63, 3.8) is 0 Å². The van der Waals surface area contributed by atoms with Crippen LogP contribution in [0.5, 0.6) is 0 Å². The number of nitrogens with one attached hydrogen (secondary N) is 2. The van der Waals surface area contributed by atoms with E-state index in [4.69, 9.17) is 4.42 Å². The molecule has 2 amide bonds. The van der Waals surface area contributed by atoms with Crippen molar-refractivity contribution in [3.8, 4) is 0 Å². The van der Waals surface area contributed by atoms with E-state index in [0.29, 0.717) is 5.76 Å². The van der Waals surface area contributed by atoms with Crippen LogP contribution in [0.25, 0.3) is 0 Å². The van der Waals surface area contributed by atoms with Crippen LogP contribution in [0.1, 0.15) is 50.9 Å². The lowest BCUT2D eigenvalue weighted by atomic mass is 9.88. The van der Waals surface area contributed by atoms with E-state index in [1.165, 1.54) is 6.92 Å². The van der Waals surface area contributed by atoms with E-state index in [-0.39, 0.29) is 35.6 Å². The van der Waals surface area contributed by atoms with Crippen LogP contribution in [0, 0.1) is 5.41 Å². The van der Waals surface area contributed by atoms with E-state index in [1.54, 1.807) is 12.1 Å². The summed E-state index contributed by atoms with van der Waals surface area (Å²) in [5.74, 6) is 0.445. The highest BCUT2D eigenvalue weighted by Crippen LogP contribution is 2.19. The molecular formula is C14H22N2O3. The van der Waals surface area contributed by atoms with Gasteiger partial charge in [0.1, 0.15) is 5.76 Å². The van der Waals surface area contributed by atoms with E-state index in [2.05, 4.69) is 31.4 Å². The molecule has 2 N–H and O–H groups in total. The van der Waals surface area contributed by atoms with Crippen LogP contribution in [-0.2, 0) is 11.3 Å². The van der Waals surface area contributed by atoms with Gasteiger partial charge in [-0.1, -0.05) is 20.8 Å². The molecule has 0 bridgehead atoms. The minimum Gasteiger partial charge on any atom is -0.454 e. The maximum atomic E-state index is 12.0. The van der Waals surface area contributed by atoms with E-state index in [9.17, 15) is 9.59 Å². The fourth-order valence-electron chi connectivity index (χ4n) is 1.29. The molecule has 0 radical (unpaired) electrons. The number of hydrogen-bond donors (Lipinski definition) is 2. The standard InChI is InChI=1S/C14H22N2O3/c1-9(14(3,4)5)16-13(18)12-7-6-11(19-12)8-15-10(2)17/h6-7,9H,8H2,1-5H3,(H,15,17)(H,16,18). The first-order chi connectivity index (χ1) is 8.70. The second-order valence-corrected chi connectivity index (χ2v) is 5.74. The molecule has 5 nitrogen and oxygen atoms in total. The zero-order valence-corrected chi connectivity index (χ0v) is 12.2. The van der Waals surface area contributed by atoms with Crippen LogP contribution in [-0.4, -0.2) is 17.9 Å². The first kappa shape index (κ1) is 15.3. The third-order valence-electron chi connectivity index (χ3n) is 3.04. The summed E-state index contributed by atoms with van der Waals surface area (Å²) in [5.41, 5.74) is -0.0126. The van der Waals surface area contributed by atoms with Gasteiger partial charge in [-0.3, -0.25) is 9.59 Å². The van der Waals surface area contributed by atoms with Crippen LogP contribution in [0.3, 0.4) is 0 Å². The topological polar surface area (TPSA) is 71.3 Å². The molecule has 0 spiro atoms. The van der Waals surface area contributed by atoms with Crippen LogP contribution < -0.4 is 10.6 Å². The Labute approximate surface area is 113 Å². The Morgan fingerprint density at radius 3 is 2.47 bits per heavy atom. The van der Waals surface area contributed by atoms with Gasteiger partial charge in [-0.05, 0) is 24.5 Å². The number of hydrogen-bond acceptors (Lipinski definition) is 3. The Hall–Kier alpha value is -1.78. The van der Waals surface area contributed by atoms with Crippen molar-refractivity contribution in [2.45, 2.75) is 47.2 Å². The molecule has 1 heterocycles. The number of rotatable bonds is 4. The first-order valence-electron chi connectivity index (χ1n) is 6.34. The van der Waals surface area contributed by atoms with E-state index in [0.717, 1.165) is 0 Å². The van der Waals surface area contributed by atoms with E-state index in [1.807, 2.05) is 6.92 Å². The predicted octanol–water partition coefficient (Wildman–Crippen LogP) is 2.08. The minimum atomic E-state index is -0.239. The summed E-state index contributed by atoms with van der Waals surface area (Å²) < 4.78 is 5.38. The average Bonchev–Trinajstić information content (AvgIpc) is 2.73. The summed E-state index contributed by atoms with van der Waals surface area (Å²) in [7, 11) is 0. The summed E-state index contributed by atoms with van der Waals surface area (Å²) in [5, 5.41) is 5.51.